The molecule has 0 heterocycles. The van der Waals surface area contributed by atoms with Crippen LogP contribution in [0, 0.1) is 0 Å². The Labute approximate surface area is 136 Å². The van der Waals surface area contributed by atoms with Gasteiger partial charge in [-0.05, 0) is 57.9 Å². The van der Waals surface area contributed by atoms with E-state index in [2.05, 4.69) is 21.2 Å². The predicted octanol–water partition coefficient (Wildman–Crippen LogP) is 3.58. The van der Waals surface area contributed by atoms with Crippen LogP contribution in [0.5, 0.6) is 5.75 Å². The van der Waals surface area contributed by atoms with Crippen molar-refractivity contribution in [3.63, 3.8) is 0 Å². The molecule has 0 fully saturated rings. The monoisotopic (exact) mass is 368 g/mol. The Bertz CT molecular complexity index is 632. The van der Waals surface area contributed by atoms with Gasteiger partial charge in [0.2, 0.25) is 0 Å². The van der Waals surface area contributed by atoms with Gasteiger partial charge in [-0.2, -0.15) is 0 Å². The van der Waals surface area contributed by atoms with Gasteiger partial charge in [0.25, 0.3) is 5.91 Å². The van der Waals surface area contributed by atoms with Crippen LogP contribution in [-0.4, -0.2) is 12.5 Å². The molecule has 0 atom stereocenters. The Morgan fingerprint density at radius 1 is 1.24 bits per heavy atom. The zero-order chi connectivity index (χ0) is 15.2. The van der Waals surface area contributed by atoms with E-state index in [9.17, 15) is 4.79 Å². The maximum Gasteiger partial charge on any atom is 0.255 e. The zero-order valence-corrected chi connectivity index (χ0v) is 13.4. The third-order valence-corrected chi connectivity index (χ3v) is 3.95. The van der Waals surface area contributed by atoms with Crippen molar-refractivity contribution in [1.82, 2.24) is 0 Å². The van der Waals surface area contributed by atoms with Crippen molar-refractivity contribution >= 4 is 39.1 Å². The molecular formula is C15H14BrClN2O2. The highest BCUT2D eigenvalue weighted by Crippen LogP contribution is 2.24. The molecule has 0 unspecified atom stereocenters. The van der Waals surface area contributed by atoms with Gasteiger partial charge in [-0.25, -0.2) is 0 Å². The average Bonchev–Trinajstić information content (AvgIpc) is 2.47. The minimum absolute atomic E-state index is 0.121. The minimum atomic E-state index is -0.496. The lowest BCUT2D eigenvalue weighted by Crippen LogP contribution is -2.19. The second-order valence-corrected chi connectivity index (χ2v) is 5.64. The maximum atomic E-state index is 10.6. The van der Waals surface area contributed by atoms with Crippen LogP contribution in [0.2, 0.25) is 5.02 Å². The summed E-state index contributed by atoms with van der Waals surface area (Å²) in [5, 5.41) is 3.96. The van der Waals surface area contributed by atoms with E-state index >= 15 is 0 Å². The third-order valence-electron chi connectivity index (χ3n) is 2.72. The van der Waals surface area contributed by atoms with Crippen molar-refractivity contribution in [2.24, 2.45) is 5.73 Å². The number of nitrogens with two attached hydrogens (primary N) is 1. The number of nitrogens with one attached hydrogen (secondary N) is 1. The largest absolute Gasteiger partial charge is 0.484 e. The molecule has 0 aromatic heterocycles. The second-order valence-electron chi connectivity index (χ2n) is 4.38. The van der Waals surface area contributed by atoms with E-state index in [1.54, 1.807) is 12.1 Å². The zero-order valence-electron chi connectivity index (χ0n) is 11.1. The molecule has 2 rings (SSSR count). The normalized spacial score (nSPS) is 10.2. The SMILES string of the molecule is NC(=O)COc1ccc(NCc2ccc(Br)c(Cl)c2)cc1. The smallest absolute Gasteiger partial charge is 0.255 e. The summed E-state index contributed by atoms with van der Waals surface area (Å²) in [6.45, 7) is 0.540. The van der Waals surface area contributed by atoms with Gasteiger partial charge in [-0.3, -0.25) is 4.79 Å². The number of rotatable bonds is 6. The maximum absolute atomic E-state index is 10.6. The highest BCUT2D eigenvalue weighted by atomic mass is 79.9. The van der Waals surface area contributed by atoms with E-state index in [1.807, 2.05) is 30.3 Å². The lowest BCUT2D eigenvalue weighted by atomic mass is 10.2. The number of hydrogen-bond acceptors (Lipinski definition) is 3. The highest BCUT2D eigenvalue weighted by Gasteiger charge is 2.01. The summed E-state index contributed by atoms with van der Waals surface area (Å²) < 4.78 is 6.07. The third kappa shape index (κ3) is 4.95. The number of halogens is 2. The molecule has 0 spiro atoms. The molecule has 0 aliphatic rings. The van der Waals surface area contributed by atoms with E-state index < -0.39 is 5.91 Å². The molecule has 2 aromatic rings. The Hall–Kier alpha value is -1.72. The lowest BCUT2D eigenvalue weighted by molar-refractivity contribution is -0.119. The van der Waals surface area contributed by atoms with E-state index in [0.717, 1.165) is 15.7 Å². The first-order valence-corrected chi connectivity index (χ1v) is 7.40. The van der Waals surface area contributed by atoms with E-state index in [4.69, 9.17) is 22.1 Å². The summed E-state index contributed by atoms with van der Waals surface area (Å²) in [5.41, 5.74) is 7.04. The molecule has 0 saturated heterocycles. The summed E-state index contributed by atoms with van der Waals surface area (Å²) in [4.78, 5) is 10.6. The van der Waals surface area contributed by atoms with Crippen molar-refractivity contribution in [3.05, 3.63) is 57.5 Å². The molecule has 21 heavy (non-hydrogen) atoms. The molecule has 4 nitrogen and oxygen atoms in total. The number of hydrogen-bond donors (Lipinski definition) is 2. The Balaban J connectivity index is 1.91. The van der Waals surface area contributed by atoms with Gasteiger partial charge in [0.15, 0.2) is 6.61 Å². The number of carbonyl (C=O) groups is 1. The Morgan fingerprint density at radius 2 is 1.95 bits per heavy atom. The van der Waals surface area contributed by atoms with Crippen LogP contribution in [0.4, 0.5) is 5.69 Å². The molecule has 3 N–H and O–H groups in total. The summed E-state index contributed by atoms with van der Waals surface area (Å²) >= 11 is 9.41. The fourth-order valence-electron chi connectivity index (χ4n) is 1.68. The van der Waals surface area contributed by atoms with Crippen LogP contribution in [0.3, 0.4) is 0 Å². The molecule has 0 bridgehead atoms. The van der Waals surface area contributed by atoms with E-state index in [0.29, 0.717) is 17.3 Å². The molecule has 0 aliphatic carbocycles. The van der Waals surface area contributed by atoms with Crippen LogP contribution in [0.25, 0.3) is 0 Å². The number of amides is 1. The van der Waals surface area contributed by atoms with Gasteiger partial charge >= 0.3 is 0 Å². The van der Waals surface area contributed by atoms with Gasteiger partial charge in [-0.1, -0.05) is 17.7 Å². The predicted molar refractivity (Wildman–Crippen MR) is 87.6 cm³/mol. The number of anilines is 1. The van der Waals surface area contributed by atoms with E-state index in [1.165, 1.54) is 0 Å². The van der Waals surface area contributed by atoms with Gasteiger partial charge in [-0.15, -0.1) is 0 Å². The molecule has 0 radical (unpaired) electrons. The Kier molecular flexibility index (Phi) is 5.47. The Morgan fingerprint density at radius 3 is 2.57 bits per heavy atom. The summed E-state index contributed by atoms with van der Waals surface area (Å²) in [7, 11) is 0. The van der Waals surface area contributed by atoms with Gasteiger partial charge < -0.3 is 15.8 Å². The van der Waals surface area contributed by atoms with Crippen LogP contribution in [0.1, 0.15) is 5.56 Å². The van der Waals surface area contributed by atoms with Gasteiger partial charge in [0.05, 0.1) is 5.02 Å². The molecule has 2 aromatic carbocycles. The first-order valence-electron chi connectivity index (χ1n) is 6.23. The van der Waals surface area contributed by atoms with Crippen molar-refractivity contribution < 1.29 is 9.53 Å². The van der Waals surface area contributed by atoms with Crippen LogP contribution >= 0.6 is 27.5 Å². The topological polar surface area (TPSA) is 64.4 Å². The molecule has 6 heteroatoms. The molecule has 1 amide bonds. The van der Waals surface area contributed by atoms with Gasteiger partial charge in [0.1, 0.15) is 5.75 Å². The van der Waals surface area contributed by atoms with Crippen LogP contribution in [0.15, 0.2) is 46.9 Å². The lowest BCUT2D eigenvalue weighted by Gasteiger charge is -2.09. The first-order chi connectivity index (χ1) is 10.0. The van der Waals surface area contributed by atoms with Gasteiger partial charge in [0, 0.05) is 16.7 Å². The number of benzene rings is 2. The fraction of sp³-hybridized carbons (Fsp3) is 0.133. The van der Waals surface area contributed by atoms with Crippen molar-refractivity contribution in [3.8, 4) is 5.75 Å². The number of carbonyl (C=O) groups excluding carboxylic acids is 1. The average molecular weight is 370 g/mol. The molecular weight excluding hydrogens is 356 g/mol. The van der Waals surface area contributed by atoms with Crippen molar-refractivity contribution in [1.29, 1.82) is 0 Å². The quantitative estimate of drug-likeness (QED) is 0.818. The summed E-state index contributed by atoms with van der Waals surface area (Å²) in [6.07, 6.45) is 0. The summed E-state index contributed by atoms with van der Waals surface area (Å²) in [5.74, 6) is 0.107. The number of primary amides is 1. The van der Waals surface area contributed by atoms with Crippen LogP contribution < -0.4 is 15.8 Å². The fourth-order valence-corrected chi connectivity index (χ4v) is 2.13. The summed E-state index contributed by atoms with van der Waals surface area (Å²) in [6, 6.07) is 13.1. The molecule has 0 aliphatic heterocycles. The minimum Gasteiger partial charge on any atom is -0.484 e. The van der Waals surface area contributed by atoms with Crippen molar-refractivity contribution in [2.45, 2.75) is 6.54 Å². The molecule has 110 valence electrons. The van der Waals surface area contributed by atoms with Crippen molar-refractivity contribution in [2.75, 3.05) is 11.9 Å². The van der Waals surface area contributed by atoms with E-state index in [-0.39, 0.29) is 6.61 Å². The standard InChI is InChI=1S/C15H14BrClN2O2/c16-13-6-1-10(7-14(13)17)8-19-11-2-4-12(5-3-11)21-9-15(18)20/h1-7,19H,8-9H2,(H2,18,20). The molecule has 0 saturated carbocycles. The number of ether oxygens (including phenoxy) is 1. The van der Waals surface area contributed by atoms with Crippen LogP contribution in [-0.2, 0) is 11.3 Å². The second kappa shape index (κ2) is 7.33. The first kappa shape index (κ1) is 15.7. The highest BCUT2D eigenvalue weighted by molar-refractivity contribution is 9.10.